The number of fused-ring (bicyclic) bond motifs is 1. The van der Waals surface area contributed by atoms with E-state index in [1.54, 1.807) is 24.2 Å². The zero-order valence-electron chi connectivity index (χ0n) is 19.5. The Morgan fingerprint density at radius 3 is 2.69 bits per heavy atom. The van der Waals surface area contributed by atoms with E-state index in [2.05, 4.69) is 54.7 Å². The first kappa shape index (κ1) is 24.1. The van der Waals surface area contributed by atoms with Gasteiger partial charge in [-0.1, -0.05) is 32.6 Å². The molecule has 0 amide bonds. The predicted octanol–water partition coefficient (Wildman–Crippen LogP) is 5.32. The number of thioether (sulfide) groups is 1. The summed E-state index contributed by atoms with van der Waals surface area (Å²) in [7, 11) is 0. The number of unbranched alkanes of at least 4 members (excludes halogenated alkanes) is 1. The number of carbonyl (C=O) groups excluding carboxylic acids is 1. The summed E-state index contributed by atoms with van der Waals surface area (Å²) >= 11 is 1.78. The van der Waals surface area contributed by atoms with E-state index in [1.807, 2.05) is 6.92 Å². The van der Waals surface area contributed by atoms with Crippen LogP contribution in [0.1, 0.15) is 75.9 Å². The van der Waals surface area contributed by atoms with Gasteiger partial charge in [-0.05, 0) is 49.5 Å². The topological polar surface area (TPSA) is 61.3 Å². The monoisotopic (exact) mass is 452 g/mol. The largest absolute Gasteiger partial charge is 0.493 e. The lowest BCUT2D eigenvalue weighted by Crippen LogP contribution is -2.26. The highest BCUT2D eigenvalue weighted by Gasteiger charge is 2.29. The number of rotatable bonds is 8. The van der Waals surface area contributed by atoms with E-state index in [9.17, 15) is 4.79 Å². The summed E-state index contributed by atoms with van der Waals surface area (Å²) in [6.07, 6.45) is 7.37. The second-order valence-corrected chi connectivity index (χ2v) is 9.72. The van der Waals surface area contributed by atoms with Crippen molar-refractivity contribution >= 4 is 17.7 Å². The fraction of sp³-hybridized carbons (Fsp3) is 0.500. The minimum Gasteiger partial charge on any atom is -0.493 e. The molecule has 0 fully saturated rings. The van der Waals surface area contributed by atoms with Gasteiger partial charge in [0.15, 0.2) is 0 Å². The number of aryl methyl sites for hydroxylation is 1. The van der Waals surface area contributed by atoms with Gasteiger partial charge in [0, 0.05) is 41.3 Å². The first-order valence-electron chi connectivity index (χ1n) is 11.4. The summed E-state index contributed by atoms with van der Waals surface area (Å²) in [6.45, 7) is 9.68. The predicted molar refractivity (Wildman–Crippen MR) is 128 cm³/mol. The Bertz CT molecular complexity index is 991. The van der Waals surface area contributed by atoms with E-state index in [0.717, 1.165) is 65.6 Å². The molecule has 2 heterocycles. The van der Waals surface area contributed by atoms with Gasteiger partial charge in [-0.2, -0.15) is 0 Å². The highest BCUT2D eigenvalue weighted by molar-refractivity contribution is 7.99. The molecule has 2 aromatic rings. The van der Waals surface area contributed by atoms with Crippen LogP contribution in [0.2, 0.25) is 0 Å². The number of hydrogen-bond donors (Lipinski definition) is 0. The van der Waals surface area contributed by atoms with E-state index in [0.29, 0.717) is 13.0 Å². The molecule has 1 aliphatic heterocycles. The number of aromatic nitrogens is 2. The third-order valence-electron chi connectivity index (χ3n) is 5.48. The van der Waals surface area contributed by atoms with Crippen LogP contribution >= 0.6 is 11.8 Å². The van der Waals surface area contributed by atoms with Crippen LogP contribution in [0.4, 0.5) is 0 Å². The normalized spacial score (nSPS) is 14.0. The van der Waals surface area contributed by atoms with Gasteiger partial charge in [0.05, 0.1) is 18.8 Å². The summed E-state index contributed by atoms with van der Waals surface area (Å²) in [5.74, 6) is 9.16. The maximum absolute atomic E-state index is 11.4. The summed E-state index contributed by atoms with van der Waals surface area (Å²) in [4.78, 5) is 21.4. The van der Waals surface area contributed by atoms with Gasteiger partial charge in [0.25, 0.3) is 0 Å². The average molecular weight is 453 g/mol. The van der Waals surface area contributed by atoms with Crippen molar-refractivity contribution in [2.24, 2.45) is 0 Å². The van der Waals surface area contributed by atoms with Crippen molar-refractivity contribution in [3.05, 3.63) is 47.0 Å². The van der Waals surface area contributed by atoms with Crippen molar-refractivity contribution in [2.75, 3.05) is 19.0 Å². The number of hydrogen-bond acceptors (Lipinski definition) is 6. The first-order valence-corrected chi connectivity index (χ1v) is 12.3. The minimum atomic E-state index is -0.142. The number of benzene rings is 1. The van der Waals surface area contributed by atoms with Crippen molar-refractivity contribution in [3.63, 3.8) is 0 Å². The Morgan fingerprint density at radius 1 is 1.19 bits per heavy atom. The fourth-order valence-electron chi connectivity index (χ4n) is 3.61. The van der Waals surface area contributed by atoms with Gasteiger partial charge < -0.3 is 9.47 Å². The van der Waals surface area contributed by atoms with E-state index in [1.165, 1.54) is 5.56 Å². The molecule has 170 valence electrons. The Hall–Kier alpha value is -2.52. The van der Waals surface area contributed by atoms with E-state index in [4.69, 9.17) is 9.47 Å². The van der Waals surface area contributed by atoms with Crippen molar-refractivity contribution < 1.29 is 14.3 Å². The van der Waals surface area contributed by atoms with Gasteiger partial charge in [-0.3, -0.25) is 4.79 Å². The number of carbonyl (C=O) groups is 1. The van der Waals surface area contributed by atoms with Gasteiger partial charge in [-0.15, -0.1) is 11.8 Å². The molecule has 1 aromatic heterocycles. The second kappa shape index (κ2) is 11.4. The van der Waals surface area contributed by atoms with E-state index in [-0.39, 0.29) is 11.4 Å². The lowest BCUT2D eigenvalue weighted by molar-refractivity contribution is -0.143. The zero-order chi connectivity index (χ0) is 23.0. The lowest BCUT2D eigenvalue weighted by Gasteiger charge is -2.33. The Balaban J connectivity index is 1.69. The molecule has 5 nitrogen and oxygen atoms in total. The quantitative estimate of drug-likeness (QED) is 0.234. The molecule has 3 rings (SSSR count). The molecule has 0 unspecified atom stereocenters. The van der Waals surface area contributed by atoms with Crippen LogP contribution in [0.25, 0.3) is 0 Å². The van der Waals surface area contributed by atoms with Gasteiger partial charge in [0.1, 0.15) is 11.6 Å². The molecule has 0 radical (unpaired) electrons. The van der Waals surface area contributed by atoms with Crippen LogP contribution in [-0.2, 0) is 21.4 Å². The molecule has 0 saturated carbocycles. The van der Waals surface area contributed by atoms with Gasteiger partial charge in [-0.25, -0.2) is 9.97 Å². The molecular weight excluding hydrogens is 420 g/mol. The smallest absolute Gasteiger partial charge is 0.305 e. The third-order valence-corrected chi connectivity index (χ3v) is 6.42. The molecule has 32 heavy (non-hydrogen) atoms. The van der Waals surface area contributed by atoms with Crippen LogP contribution in [0.5, 0.6) is 5.75 Å². The van der Waals surface area contributed by atoms with Crippen molar-refractivity contribution in [2.45, 2.75) is 70.1 Å². The third kappa shape index (κ3) is 6.49. The molecule has 6 heteroatoms. The lowest BCUT2D eigenvalue weighted by atomic mass is 9.79. The zero-order valence-corrected chi connectivity index (χ0v) is 20.3. The maximum atomic E-state index is 11.4. The van der Waals surface area contributed by atoms with Crippen LogP contribution in [0, 0.1) is 11.8 Å². The second-order valence-electron chi connectivity index (χ2n) is 8.41. The Kier molecular flexibility index (Phi) is 8.58. The SMILES string of the molecule is CCOC(=O)CCCCc1ncc(C#Cc2cc3c(cc2SCC)OCCC3(C)C)cn1. The molecular formula is C26H32N2O3S. The van der Waals surface area contributed by atoms with Crippen LogP contribution in [-0.4, -0.2) is 34.9 Å². The molecule has 1 aromatic carbocycles. The molecule has 1 aliphatic rings. The summed E-state index contributed by atoms with van der Waals surface area (Å²) in [6, 6.07) is 4.34. The van der Waals surface area contributed by atoms with Crippen molar-refractivity contribution in [3.8, 4) is 17.6 Å². The molecule has 0 bridgehead atoms. The van der Waals surface area contributed by atoms with E-state index >= 15 is 0 Å². The van der Waals surface area contributed by atoms with E-state index < -0.39 is 0 Å². The number of nitrogens with zero attached hydrogens (tertiary/aromatic N) is 2. The maximum Gasteiger partial charge on any atom is 0.305 e. The fourth-order valence-corrected chi connectivity index (χ4v) is 4.37. The molecule has 0 N–H and O–H groups in total. The summed E-state index contributed by atoms with van der Waals surface area (Å²) in [5.41, 5.74) is 3.12. The van der Waals surface area contributed by atoms with Crippen LogP contribution in [0.15, 0.2) is 29.4 Å². The van der Waals surface area contributed by atoms with Crippen molar-refractivity contribution in [1.29, 1.82) is 0 Å². The number of ether oxygens (including phenoxy) is 2. The minimum absolute atomic E-state index is 0.0808. The molecule has 0 saturated heterocycles. The molecule has 0 spiro atoms. The highest BCUT2D eigenvalue weighted by Crippen LogP contribution is 2.41. The van der Waals surface area contributed by atoms with Crippen LogP contribution in [0.3, 0.4) is 0 Å². The van der Waals surface area contributed by atoms with Gasteiger partial charge in [0.2, 0.25) is 0 Å². The van der Waals surface area contributed by atoms with Crippen LogP contribution < -0.4 is 4.74 Å². The summed E-state index contributed by atoms with van der Waals surface area (Å²) < 4.78 is 10.9. The average Bonchev–Trinajstić information content (AvgIpc) is 2.76. The Morgan fingerprint density at radius 2 is 1.97 bits per heavy atom. The standard InChI is InChI=1S/C26H32N2O3S/c1-5-30-25(29)10-8-7-9-24-27-17-19(18-28-24)11-12-20-15-21-22(16-23(20)32-6-2)31-14-13-26(21,3)4/h15-18H,5-10,13-14H2,1-4H3. The first-order chi connectivity index (χ1) is 15.4. The highest BCUT2D eigenvalue weighted by atomic mass is 32.2. The summed E-state index contributed by atoms with van der Waals surface area (Å²) in [5, 5.41) is 0. The van der Waals surface area contributed by atoms with Gasteiger partial charge >= 0.3 is 5.97 Å². The number of esters is 1. The Labute approximate surface area is 195 Å². The molecule has 0 aliphatic carbocycles. The molecule has 0 atom stereocenters. The van der Waals surface area contributed by atoms with Crippen molar-refractivity contribution in [1.82, 2.24) is 9.97 Å².